The molecule has 0 saturated heterocycles. The summed E-state index contributed by atoms with van der Waals surface area (Å²) in [6.07, 6.45) is 2.55. The summed E-state index contributed by atoms with van der Waals surface area (Å²) < 4.78 is 4.96. The van der Waals surface area contributed by atoms with E-state index in [1.165, 1.54) is 5.56 Å². The van der Waals surface area contributed by atoms with E-state index in [-0.39, 0.29) is 0 Å². The van der Waals surface area contributed by atoms with E-state index in [1.54, 1.807) is 18.6 Å². The van der Waals surface area contributed by atoms with E-state index in [1.807, 2.05) is 26.0 Å². The Morgan fingerprint density at radius 1 is 1.20 bits per heavy atom. The molecule has 1 aromatic carbocycles. The lowest BCUT2D eigenvalue weighted by atomic mass is 9.98. The smallest absolute Gasteiger partial charge is 0.107 e. The quantitative estimate of drug-likeness (QED) is 0.812. The van der Waals surface area contributed by atoms with Gasteiger partial charge >= 0.3 is 0 Å². The van der Waals surface area contributed by atoms with Gasteiger partial charge in [0, 0.05) is 5.56 Å². The van der Waals surface area contributed by atoms with Crippen LogP contribution < -0.4 is 0 Å². The second-order valence-corrected chi connectivity index (χ2v) is 3.82. The SMILES string of the molecule is Cc1ccc(C(O)c2ccoc2)c(C)c1. The zero-order valence-corrected chi connectivity index (χ0v) is 8.90. The van der Waals surface area contributed by atoms with Crippen molar-refractivity contribution >= 4 is 0 Å². The second-order valence-electron chi connectivity index (χ2n) is 3.82. The number of aliphatic hydroxyl groups excluding tert-OH is 1. The average Bonchev–Trinajstić information content (AvgIpc) is 2.69. The molecule has 0 spiro atoms. The Hall–Kier alpha value is -1.54. The summed E-state index contributed by atoms with van der Waals surface area (Å²) in [5.41, 5.74) is 4.03. The molecule has 2 heteroatoms. The van der Waals surface area contributed by atoms with Crippen LogP contribution in [-0.2, 0) is 0 Å². The summed E-state index contributed by atoms with van der Waals surface area (Å²) in [4.78, 5) is 0. The third kappa shape index (κ3) is 1.95. The Balaban J connectivity index is 2.38. The van der Waals surface area contributed by atoms with Crippen LogP contribution >= 0.6 is 0 Å². The van der Waals surface area contributed by atoms with Crippen LogP contribution in [0, 0.1) is 13.8 Å². The first kappa shape index (κ1) is 9.99. The van der Waals surface area contributed by atoms with Crippen molar-refractivity contribution in [3.63, 3.8) is 0 Å². The molecule has 0 aliphatic carbocycles. The van der Waals surface area contributed by atoms with E-state index >= 15 is 0 Å². The van der Waals surface area contributed by atoms with E-state index < -0.39 is 6.10 Å². The maximum absolute atomic E-state index is 10.1. The first-order valence-electron chi connectivity index (χ1n) is 4.96. The van der Waals surface area contributed by atoms with Gasteiger partial charge in [-0.15, -0.1) is 0 Å². The monoisotopic (exact) mass is 202 g/mol. The highest BCUT2D eigenvalue weighted by Gasteiger charge is 2.13. The van der Waals surface area contributed by atoms with Crippen molar-refractivity contribution in [1.82, 2.24) is 0 Å². The molecule has 1 unspecified atom stereocenters. The minimum atomic E-state index is -0.593. The molecular formula is C13H14O2. The summed E-state index contributed by atoms with van der Waals surface area (Å²) in [7, 11) is 0. The summed E-state index contributed by atoms with van der Waals surface area (Å²) in [5, 5.41) is 10.1. The number of furan rings is 1. The van der Waals surface area contributed by atoms with Crippen LogP contribution in [0.15, 0.2) is 41.2 Å². The molecule has 0 bridgehead atoms. The molecule has 1 heterocycles. The topological polar surface area (TPSA) is 33.4 Å². The third-order valence-corrected chi connectivity index (χ3v) is 2.58. The van der Waals surface area contributed by atoms with Gasteiger partial charge in [0.25, 0.3) is 0 Å². The van der Waals surface area contributed by atoms with Crippen molar-refractivity contribution in [3.8, 4) is 0 Å². The first-order chi connectivity index (χ1) is 7.18. The fourth-order valence-corrected chi connectivity index (χ4v) is 1.74. The lowest BCUT2D eigenvalue weighted by Gasteiger charge is -2.12. The van der Waals surface area contributed by atoms with Crippen molar-refractivity contribution in [2.24, 2.45) is 0 Å². The van der Waals surface area contributed by atoms with Crippen LogP contribution in [0.3, 0.4) is 0 Å². The van der Waals surface area contributed by atoms with Crippen molar-refractivity contribution in [1.29, 1.82) is 0 Å². The van der Waals surface area contributed by atoms with E-state index in [2.05, 4.69) is 6.07 Å². The zero-order chi connectivity index (χ0) is 10.8. The molecule has 2 nitrogen and oxygen atoms in total. The lowest BCUT2D eigenvalue weighted by Crippen LogP contribution is -2.00. The molecule has 0 saturated carbocycles. The van der Waals surface area contributed by atoms with Gasteiger partial charge in [0.15, 0.2) is 0 Å². The Bertz CT molecular complexity index is 444. The minimum absolute atomic E-state index is 0.593. The van der Waals surface area contributed by atoms with E-state index in [4.69, 9.17) is 4.42 Å². The highest BCUT2D eigenvalue weighted by Crippen LogP contribution is 2.25. The van der Waals surface area contributed by atoms with Crippen LogP contribution in [0.1, 0.15) is 28.4 Å². The van der Waals surface area contributed by atoms with Gasteiger partial charge in [0.1, 0.15) is 6.10 Å². The van der Waals surface area contributed by atoms with Gasteiger partial charge < -0.3 is 9.52 Å². The van der Waals surface area contributed by atoms with E-state index in [0.29, 0.717) is 0 Å². The largest absolute Gasteiger partial charge is 0.472 e. The van der Waals surface area contributed by atoms with E-state index in [0.717, 1.165) is 16.7 Å². The van der Waals surface area contributed by atoms with Crippen LogP contribution in [0.25, 0.3) is 0 Å². The molecule has 0 aliphatic heterocycles. The summed E-state index contributed by atoms with van der Waals surface area (Å²) in [6.45, 7) is 4.05. The molecule has 0 radical (unpaired) electrons. The van der Waals surface area contributed by atoms with Gasteiger partial charge in [-0.2, -0.15) is 0 Å². The highest BCUT2D eigenvalue weighted by atomic mass is 16.3. The maximum Gasteiger partial charge on any atom is 0.107 e. The molecular weight excluding hydrogens is 188 g/mol. The Labute approximate surface area is 89.2 Å². The predicted molar refractivity (Wildman–Crippen MR) is 58.7 cm³/mol. The number of hydrogen-bond acceptors (Lipinski definition) is 2. The van der Waals surface area contributed by atoms with Crippen LogP contribution in [0.2, 0.25) is 0 Å². The lowest BCUT2D eigenvalue weighted by molar-refractivity contribution is 0.218. The van der Waals surface area contributed by atoms with Gasteiger partial charge in [0.2, 0.25) is 0 Å². The highest BCUT2D eigenvalue weighted by molar-refractivity contribution is 5.36. The van der Waals surface area contributed by atoms with Crippen molar-refractivity contribution in [2.45, 2.75) is 20.0 Å². The minimum Gasteiger partial charge on any atom is -0.472 e. The molecule has 0 amide bonds. The number of benzene rings is 1. The number of hydrogen-bond donors (Lipinski definition) is 1. The van der Waals surface area contributed by atoms with Gasteiger partial charge in [0.05, 0.1) is 12.5 Å². The summed E-state index contributed by atoms with van der Waals surface area (Å²) >= 11 is 0. The molecule has 2 rings (SSSR count). The Morgan fingerprint density at radius 3 is 2.60 bits per heavy atom. The van der Waals surface area contributed by atoms with E-state index in [9.17, 15) is 5.11 Å². The number of aliphatic hydroxyl groups is 1. The molecule has 0 fully saturated rings. The van der Waals surface area contributed by atoms with Gasteiger partial charge in [-0.3, -0.25) is 0 Å². The number of rotatable bonds is 2. The molecule has 1 aromatic heterocycles. The van der Waals surface area contributed by atoms with Crippen LogP contribution in [0.4, 0.5) is 0 Å². The predicted octanol–water partition coefficient (Wildman–Crippen LogP) is 2.98. The van der Waals surface area contributed by atoms with Crippen molar-refractivity contribution in [3.05, 3.63) is 59.0 Å². The second kappa shape index (κ2) is 3.91. The number of aryl methyl sites for hydroxylation is 2. The third-order valence-electron chi connectivity index (χ3n) is 2.58. The fourth-order valence-electron chi connectivity index (χ4n) is 1.74. The first-order valence-corrected chi connectivity index (χ1v) is 4.96. The fraction of sp³-hybridized carbons (Fsp3) is 0.231. The van der Waals surface area contributed by atoms with Crippen molar-refractivity contribution < 1.29 is 9.52 Å². The van der Waals surface area contributed by atoms with Crippen LogP contribution in [-0.4, -0.2) is 5.11 Å². The maximum atomic E-state index is 10.1. The molecule has 2 aromatic rings. The zero-order valence-electron chi connectivity index (χ0n) is 8.90. The van der Waals surface area contributed by atoms with Gasteiger partial charge in [-0.1, -0.05) is 23.8 Å². The molecule has 1 N–H and O–H groups in total. The molecule has 0 aliphatic rings. The summed E-state index contributed by atoms with van der Waals surface area (Å²) in [5.74, 6) is 0. The Morgan fingerprint density at radius 2 is 2.00 bits per heavy atom. The Kier molecular flexibility index (Phi) is 2.60. The standard InChI is InChI=1S/C13H14O2/c1-9-3-4-12(10(2)7-9)13(14)11-5-6-15-8-11/h3-8,13-14H,1-2H3. The molecule has 15 heavy (non-hydrogen) atoms. The van der Waals surface area contributed by atoms with Gasteiger partial charge in [-0.05, 0) is 31.0 Å². The normalized spacial score (nSPS) is 12.7. The molecule has 1 atom stereocenters. The van der Waals surface area contributed by atoms with Crippen molar-refractivity contribution in [2.75, 3.05) is 0 Å². The average molecular weight is 202 g/mol. The van der Waals surface area contributed by atoms with Crippen LogP contribution in [0.5, 0.6) is 0 Å². The summed E-state index contributed by atoms with van der Waals surface area (Å²) in [6, 6.07) is 7.82. The molecule has 78 valence electrons. The van der Waals surface area contributed by atoms with Gasteiger partial charge in [-0.25, -0.2) is 0 Å².